The Kier molecular flexibility index (Phi) is 2.11. The lowest BCUT2D eigenvalue weighted by atomic mass is 10.2. The highest BCUT2D eigenvalue weighted by Gasteiger charge is 2.03. The van der Waals surface area contributed by atoms with E-state index in [9.17, 15) is 0 Å². The zero-order chi connectivity index (χ0) is 6.69. The van der Waals surface area contributed by atoms with Gasteiger partial charge in [-0.2, -0.15) is 0 Å². The Bertz CT molecular complexity index is 160. The van der Waals surface area contributed by atoms with Crippen LogP contribution in [0.25, 0.3) is 0 Å². The summed E-state index contributed by atoms with van der Waals surface area (Å²) in [6.07, 6.45) is 4.36. The van der Waals surface area contributed by atoms with Crippen LogP contribution in [-0.2, 0) is 0 Å². The van der Waals surface area contributed by atoms with Gasteiger partial charge in [-0.15, -0.1) is 11.6 Å². The largest absolute Gasteiger partial charge is 0.348 e. The van der Waals surface area contributed by atoms with Crippen molar-refractivity contribution in [1.29, 1.82) is 0 Å². The minimum absolute atomic E-state index is 0.304. The molecule has 0 fully saturated rings. The normalized spacial score (nSPS) is 13.6. The fourth-order valence-electron chi connectivity index (χ4n) is 0.566. The molecule has 1 aromatic rings. The molecular weight excluding hydrogens is 136 g/mol. The van der Waals surface area contributed by atoms with E-state index in [0.29, 0.717) is 11.8 Å². The number of H-pyrrole nitrogens is 1. The van der Waals surface area contributed by atoms with E-state index in [1.165, 1.54) is 0 Å². The number of aromatic amines is 1. The lowest BCUT2D eigenvalue weighted by Crippen LogP contribution is -1.96. The molecule has 0 spiro atoms. The number of rotatable bonds is 2. The maximum Gasteiger partial charge on any atom is 0.110 e. The van der Waals surface area contributed by atoms with Crippen LogP contribution < -0.4 is 0 Å². The summed E-state index contributed by atoms with van der Waals surface area (Å²) in [6.45, 7) is 2.01. The number of hydrogen-bond donors (Lipinski definition) is 1. The molecule has 2 nitrogen and oxygen atoms in total. The third kappa shape index (κ3) is 1.45. The Morgan fingerprint density at radius 3 is 3.22 bits per heavy atom. The molecule has 1 unspecified atom stereocenters. The minimum Gasteiger partial charge on any atom is -0.348 e. The van der Waals surface area contributed by atoms with Crippen molar-refractivity contribution in [2.75, 3.05) is 5.88 Å². The van der Waals surface area contributed by atoms with E-state index in [-0.39, 0.29) is 0 Å². The first-order valence-electron chi connectivity index (χ1n) is 2.82. The van der Waals surface area contributed by atoms with E-state index in [0.717, 1.165) is 5.82 Å². The van der Waals surface area contributed by atoms with Crippen LogP contribution in [-0.4, -0.2) is 15.8 Å². The predicted octanol–water partition coefficient (Wildman–Crippen LogP) is 1.55. The fourth-order valence-corrected chi connectivity index (χ4v) is 0.712. The van der Waals surface area contributed by atoms with Gasteiger partial charge < -0.3 is 4.98 Å². The van der Waals surface area contributed by atoms with Gasteiger partial charge >= 0.3 is 0 Å². The van der Waals surface area contributed by atoms with Crippen molar-refractivity contribution in [3.8, 4) is 0 Å². The van der Waals surface area contributed by atoms with Crippen molar-refractivity contribution in [1.82, 2.24) is 9.97 Å². The molecule has 1 heterocycles. The number of alkyl halides is 1. The monoisotopic (exact) mass is 143 g/mol. The third-order valence-corrected chi connectivity index (χ3v) is 1.63. The molecule has 0 aromatic carbocycles. The summed E-state index contributed by atoms with van der Waals surface area (Å²) in [7, 11) is 0. The zero-order valence-electron chi connectivity index (χ0n) is 5.19. The summed E-state index contributed by atoms with van der Waals surface area (Å²) < 4.78 is 0. The van der Waals surface area contributed by atoms with Crippen molar-refractivity contribution in [2.45, 2.75) is 12.8 Å². The van der Waals surface area contributed by atoms with Crippen LogP contribution in [0.4, 0.5) is 0 Å². The number of nitrogens with zero attached hydrogens (tertiary/aromatic N) is 1. The molecule has 3 heteroatoms. The smallest absolute Gasteiger partial charge is 0.110 e. The Labute approximate surface area is 59.3 Å². The molecule has 0 aliphatic rings. The number of hydrogen-bond acceptors (Lipinski definition) is 1. The van der Waals surface area contributed by atoms with Gasteiger partial charge in [0.1, 0.15) is 12.0 Å². The van der Waals surface area contributed by atoms with Gasteiger partial charge in [-0.05, 0) is 0 Å². The lowest BCUT2D eigenvalue weighted by molar-refractivity contribution is 0.801. The first-order chi connectivity index (χ1) is 4.34. The van der Waals surface area contributed by atoms with Gasteiger partial charge in [0.15, 0.2) is 0 Å². The summed E-state index contributed by atoms with van der Waals surface area (Å²) in [6, 6.07) is 0. The highest BCUT2D eigenvalue weighted by molar-refractivity contribution is 6.18. The molecule has 1 radical (unpaired) electrons. The number of nitrogens with one attached hydrogen (secondary N) is 1. The van der Waals surface area contributed by atoms with E-state index >= 15 is 0 Å². The first-order valence-corrected chi connectivity index (χ1v) is 3.35. The Balaban J connectivity index is 2.65. The second-order valence-corrected chi connectivity index (χ2v) is 2.28. The SMILES string of the molecule is CC(CCl)c1n[c]c[nH]1. The fraction of sp³-hybridized carbons (Fsp3) is 0.500. The molecule has 0 bridgehead atoms. The van der Waals surface area contributed by atoms with E-state index in [1.807, 2.05) is 6.92 Å². The zero-order valence-corrected chi connectivity index (χ0v) is 5.94. The summed E-state index contributed by atoms with van der Waals surface area (Å²) >= 11 is 5.57. The molecule has 0 aliphatic heterocycles. The van der Waals surface area contributed by atoms with Crippen molar-refractivity contribution in [3.63, 3.8) is 0 Å². The van der Waals surface area contributed by atoms with Gasteiger partial charge in [0.2, 0.25) is 0 Å². The molecule has 49 valence electrons. The maximum absolute atomic E-state index is 5.57. The Morgan fingerprint density at radius 2 is 2.78 bits per heavy atom. The van der Waals surface area contributed by atoms with Crippen LogP contribution in [0.2, 0.25) is 0 Å². The molecule has 1 rings (SSSR count). The van der Waals surface area contributed by atoms with Crippen molar-refractivity contribution in [2.24, 2.45) is 0 Å². The molecule has 0 saturated carbocycles. The predicted molar refractivity (Wildman–Crippen MR) is 36.6 cm³/mol. The third-order valence-electron chi connectivity index (χ3n) is 1.17. The van der Waals surface area contributed by atoms with E-state index in [4.69, 9.17) is 11.6 Å². The van der Waals surface area contributed by atoms with Crippen molar-refractivity contribution in [3.05, 3.63) is 18.2 Å². The van der Waals surface area contributed by atoms with Crippen LogP contribution in [0.15, 0.2) is 6.20 Å². The number of imidazole rings is 1. The summed E-state index contributed by atoms with van der Waals surface area (Å²) in [5, 5.41) is 0. The average Bonchev–Trinajstić information content (AvgIpc) is 2.37. The second-order valence-electron chi connectivity index (χ2n) is 1.97. The van der Waals surface area contributed by atoms with E-state index in [1.54, 1.807) is 6.20 Å². The molecular formula is C6H8ClN2. The highest BCUT2D eigenvalue weighted by Crippen LogP contribution is 2.09. The summed E-state index contributed by atoms with van der Waals surface area (Å²) in [4.78, 5) is 6.86. The van der Waals surface area contributed by atoms with Crippen LogP contribution in [0.1, 0.15) is 18.7 Å². The molecule has 1 atom stereocenters. The van der Waals surface area contributed by atoms with Gasteiger partial charge in [0, 0.05) is 18.0 Å². The average molecular weight is 144 g/mol. The molecule has 0 saturated heterocycles. The van der Waals surface area contributed by atoms with Crippen LogP contribution in [0.5, 0.6) is 0 Å². The summed E-state index contributed by atoms with van der Waals surface area (Å²) in [5.74, 6) is 1.81. The first kappa shape index (κ1) is 6.62. The van der Waals surface area contributed by atoms with Gasteiger partial charge in [0.05, 0.1) is 0 Å². The van der Waals surface area contributed by atoms with Crippen LogP contribution in [0, 0.1) is 6.20 Å². The maximum atomic E-state index is 5.57. The van der Waals surface area contributed by atoms with Crippen molar-refractivity contribution < 1.29 is 0 Å². The van der Waals surface area contributed by atoms with Gasteiger partial charge in [-0.25, -0.2) is 4.98 Å². The van der Waals surface area contributed by atoms with Gasteiger partial charge in [-0.1, -0.05) is 6.92 Å². The quantitative estimate of drug-likeness (QED) is 0.626. The topological polar surface area (TPSA) is 28.7 Å². The minimum atomic E-state index is 0.304. The van der Waals surface area contributed by atoms with Crippen LogP contribution >= 0.6 is 11.6 Å². The molecule has 0 aliphatic carbocycles. The number of halogens is 1. The van der Waals surface area contributed by atoms with Gasteiger partial charge in [0.25, 0.3) is 0 Å². The molecule has 1 N–H and O–H groups in total. The van der Waals surface area contributed by atoms with Crippen LogP contribution in [0.3, 0.4) is 0 Å². The highest BCUT2D eigenvalue weighted by atomic mass is 35.5. The Hall–Kier alpha value is -0.500. The number of aromatic nitrogens is 2. The molecule has 0 amide bonds. The standard InChI is InChI=1S/C6H8ClN2/c1-5(4-7)6-8-2-3-9-6/h2,5H,4H2,1H3,(H,8,9). The van der Waals surface area contributed by atoms with Gasteiger partial charge in [-0.3, -0.25) is 0 Å². The Morgan fingerprint density at radius 1 is 2.00 bits per heavy atom. The van der Waals surface area contributed by atoms with Crippen molar-refractivity contribution >= 4 is 11.6 Å². The summed E-state index contributed by atoms with van der Waals surface area (Å²) in [5.41, 5.74) is 0. The molecule has 1 aromatic heterocycles. The van der Waals surface area contributed by atoms with E-state index < -0.39 is 0 Å². The lowest BCUT2D eigenvalue weighted by Gasteiger charge is -1.99. The van der Waals surface area contributed by atoms with E-state index in [2.05, 4.69) is 16.2 Å². The second kappa shape index (κ2) is 2.87. The molecule has 9 heavy (non-hydrogen) atoms.